The summed E-state index contributed by atoms with van der Waals surface area (Å²) in [5.41, 5.74) is 0.0884. The summed E-state index contributed by atoms with van der Waals surface area (Å²) in [6, 6.07) is 0. The Labute approximate surface area is 96.9 Å². The fraction of sp³-hybridized carbons (Fsp3) is 0.556. The molecule has 1 rings (SSSR count). The van der Waals surface area contributed by atoms with E-state index in [1.54, 1.807) is 17.9 Å². The Morgan fingerprint density at radius 3 is 2.60 bits per heavy atom. The van der Waals surface area contributed by atoms with Crippen LogP contribution in [0.2, 0.25) is 0 Å². The third-order valence-corrected chi connectivity index (χ3v) is 2.44. The smallest absolute Gasteiger partial charge is 0.412 e. The molecule has 6 heteroatoms. The highest BCUT2D eigenvalue weighted by Gasteiger charge is 2.17. The van der Waals surface area contributed by atoms with E-state index in [0.717, 1.165) is 0 Å². The highest BCUT2D eigenvalue weighted by molar-refractivity contribution is 9.10. The maximum atomic E-state index is 11.4. The van der Waals surface area contributed by atoms with Crippen LogP contribution in [0.25, 0.3) is 0 Å². The van der Waals surface area contributed by atoms with Gasteiger partial charge in [0.15, 0.2) is 0 Å². The van der Waals surface area contributed by atoms with E-state index in [1.165, 1.54) is 0 Å². The first kappa shape index (κ1) is 12.0. The summed E-state index contributed by atoms with van der Waals surface area (Å²) >= 11 is 3.29. The Balaban J connectivity index is 2.63. The molecule has 0 saturated carbocycles. The molecule has 0 atom stereocenters. The second kappa shape index (κ2) is 4.22. The molecule has 84 valence electrons. The molecule has 1 aromatic heterocycles. The van der Waals surface area contributed by atoms with Gasteiger partial charge in [-0.25, -0.2) is 4.79 Å². The minimum Gasteiger partial charge on any atom is -0.444 e. The maximum absolute atomic E-state index is 11.4. The Morgan fingerprint density at radius 2 is 2.20 bits per heavy atom. The number of anilines is 1. The van der Waals surface area contributed by atoms with E-state index in [9.17, 15) is 4.79 Å². The van der Waals surface area contributed by atoms with Crippen LogP contribution in [0.3, 0.4) is 0 Å². The number of amides is 1. The number of carbonyl (C=O) groups is 1. The zero-order valence-electron chi connectivity index (χ0n) is 9.17. The molecule has 0 aliphatic carbocycles. The fourth-order valence-corrected chi connectivity index (χ4v) is 1.21. The minimum absolute atomic E-state index is 0.490. The van der Waals surface area contributed by atoms with Crippen LogP contribution in [0.5, 0.6) is 0 Å². The number of rotatable bonds is 1. The third kappa shape index (κ3) is 3.54. The topological polar surface area (TPSA) is 56.2 Å². The van der Waals surface area contributed by atoms with Gasteiger partial charge in [-0.05, 0) is 36.7 Å². The standard InChI is InChI=1S/C9H14BrN3O2/c1-9(2,3)15-8(14)12-6-5-11-13(4)7(6)10/h5H,1-4H3,(H,12,14). The van der Waals surface area contributed by atoms with E-state index in [0.29, 0.717) is 10.3 Å². The predicted molar refractivity (Wildman–Crippen MR) is 60.8 cm³/mol. The quantitative estimate of drug-likeness (QED) is 0.857. The van der Waals surface area contributed by atoms with E-state index >= 15 is 0 Å². The molecule has 0 aliphatic rings. The van der Waals surface area contributed by atoms with Crippen molar-refractivity contribution in [2.45, 2.75) is 26.4 Å². The third-order valence-electron chi connectivity index (χ3n) is 1.50. The molecule has 0 bridgehead atoms. The number of aromatic nitrogens is 2. The molecule has 1 aromatic rings. The lowest BCUT2D eigenvalue weighted by molar-refractivity contribution is 0.0636. The summed E-state index contributed by atoms with van der Waals surface area (Å²) in [4.78, 5) is 11.4. The highest BCUT2D eigenvalue weighted by atomic mass is 79.9. The van der Waals surface area contributed by atoms with Crippen LogP contribution < -0.4 is 5.32 Å². The monoisotopic (exact) mass is 275 g/mol. The molecule has 15 heavy (non-hydrogen) atoms. The molecule has 0 aliphatic heterocycles. The van der Waals surface area contributed by atoms with E-state index in [2.05, 4.69) is 26.3 Å². The van der Waals surface area contributed by atoms with Gasteiger partial charge in [-0.2, -0.15) is 5.10 Å². The van der Waals surface area contributed by atoms with E-state index < -0.39 is 11.7 Å². The second-order valence-electron chi connectivity index (χ2n) is 4.10. The van der Waals surface area contributed by atoms with Gasteiger partial charge in [0, 0.05) is 7.05 Å². The SMILES string of the molecule is Cn1ncc(NC(=O)OC(C)(C)C)c1Br. The lowest BCUT2D eigenvalue weighted by Gasteiger charge is -2.19. The van der Waals surface area contributed by atoms with Crippen LogP contribution in [0.15, 0.2) is 10.8 Å². The number of carbonyl (C=O) groups excluding carboxylic acids is 1. The van der Waals surface area contributed by atoms with Crippen LogP contribution >= 0.6 is 15.9 Å². The minimum atomic E-state index is -0.501. The average molecular weight is 276 g/mol. The number of hydrogen-bond donors (Lipinski definition) is 1. The number of nitrogens with one attached hydrogen (secondary N) is 1. The van der Waals surface area contributed by atoms with Gasteiger partial charge in [0.1, 0.15) is 10.2 Å². The molecule has 0 saturated heterocycles. The lowest BCUT2D eigenvalue weighted by atomic mass is 10.2. The van der Waals surface area contributed by atoms with Crippen LogP contribution in [0.4, 0.5) is 10.5 Å². The van der Waals surface area contributed by atoms with Crippen molar-refractivity contribution in [3.63, 3.8) is 0 Å². The molecule has 0 spiro atoms. The first-order valence-corrected chi connectivity index (χ1v) is 5.26. The average Bonchev–Trinajstić information content (AvgIpc) is 2.32. The molecule has 0 fully saturated rings. The number of aryl methyl sites for hydroxylation is 1. The lowest BCUT2D eigenvalue weighted by Crippen LogP contribution is -2.27. The molecule has 1 N–H and O–H groups in total. The molecule has 0 aromatic carbocycles. The van der Waals surface area contributed by atoms with Crippen molar-refractivity contribution in [2.24, 2.45) is 7.05 Å². The summed E-state index contributed by atoms with van der Waals surface area (Å²) in [5, 5.41) is 6.56. The van der Waals surface area contributed by atoms with Gasteiger partial charge in [0.05, 0.1) is 11.9 Å². The number of ether oxygens (including phenoxy) is 1. The van der Waals surface area contributed by atoms with Crippen molar-refractivity contribution in [2.75, 3.05) is 5.32 Å². The second-order valence-corrected chi connectivity index (χ2v) is 4.85. The van der Waals surface area contributed by atoms with Crippen LogP contribution in [-0.2, 0) is 11.8 Å². The first-order valence-electron chi connectivity index (χ1n) is 4.47. The molecule has 1 amide bonds. The van der Waals surface area contributed by atoms with Gasteiger partial charge in [-0.15, -0.1) is 0 Å². The van der Waals surface area contributed by atoms with Crippen molar-refractivity contribution in [3.05, 3.63) is 10.8 Å². The van der Waals surface area contributed by atoms with E-state index in [-0.39, 0.29) is 0 Å². The molecule has 1 heterocycles. The van der Waals surface area contributed by atoms with Gasteiger partial charge in [0.25, 0.3) is 0 Å². The molecule has 5 nitrogen and oxygen atoms in total. The van der Waals surface area contributed by atoms with Crippen molar-refractivity contribution in [1.29, 1.82) is 0 Å². The van der Waals surface area contributed by atoms with Crippen molar-refractivity contribution < 1.29 is 9.53 Å². The van der Waals surface area contributed by atoms with Gasteiger partial charge in [-0.1, -0.05) is 0 Å². The number of nitrogens with zero attached hydrogens (tertiary/aromatic N) is 2. The zero-order chi connectivity index (χ0) is 11.6. The molecular formula is C9H14BrN3O2. The summed E-state index contributed by atoms with van der Waals surface area (Å²) in [6.07, 6.45) is 1.06. The predicted octanol–water partition coefficient (Wildman–Crippen LogP) is 2.53. The van der Waals surface area contributed by atoms with E-state index in [1.807, 2.05) is 20.8 Å². The highest BCUT2D eigenvalue weighted by Crippen LogP contribution is 2.21. The Morgan fingerprint density at radius 1 is 1.60 bits per heavy atom. The zero-order valence-corrected chi connectivity index (χ0v) is 10.8. The maximum Gasteiger partial charge on any atom is 0.412 e. The summed E-state index contributed by atoms with van der Waals surface area (Å²) in [7, 11) is 1.77. The fourth-order valence-electron chi connectivity index (χ4n) is 0.920. The molecular weight excluding hydrogens is 262 g/mol. The van der Waals surface area contributed by atoms with E-state index in [4.69, 9.17) is 4.74 Å². The van der Waals surface area contributed by atoms with Gasteiger partial charge in [0.2, 0.25) is 0 Å². The van der Waals surface area contributed by atoms with Gasteiger partial charge >= 0.3 is 6.09 Å². The van der Waals surface area contributed by atoms with Gasteiger partial charge in [-0.3, -0.25) is 10.00 Å². The number of hydrogen-bond acceptors (Lipinski definition) is 3. The van der Waals surface area contributed by atoms with Crippen LogP contribution in [-0.4, -0.2) is 21.5 Å². The summed E-state index contributed by atoms with van der Waals surface area (Å²) in [5.74, 6) is 0. The van der Waals surface area contributed by atoms with Crippen LogP contribution in [0.1, 0.15) is 20.8 Å². The largest absolute Gasteiger partial charge is 0.444 e. The van der Waals surface area contributed by atoms with Gasteiger partial charge < -0.3 is 4.74 Å². The summed E-state index contributed by atoms with van der Waals surface area (Å²) in [6.45, 7) is 5.43. The van der Waals surface area contributed by atoms with Crippen molar-refractivity contribution >= 4 is 27.7 Å². The Bertz CT molecular complexity index is 368. The Kier molecular flexibility index (Phi) is 3.38. The normalized spacial score (nSPS) is 11.3. The van der Waals surface area contributed by atoms with Crippen molar-refractivity contribution in [3.8, 4) is 0 Å². The molecule has 0 radical (unpaired) electrons. The summed E-state index contributed by atoms with van der Waals surface area (Å²) < 4.78 is 7.40. The van der Waals surface area contributed by atoms with Crippen LogP contribution in [0, 0.1) is 0 Å². The first-order chi connectivity index (χ1) is 6.79. The van der Waals surface area contributed by atoms with Crippen molar-refractivity contribution in [1.82, 2.24) is 9.78 Å². The molecule has 0 unspecified atom stereocenters. The number of halogens is 1. The Hall–Kier alpha value is -1.04.